The standard InChI is InChI=1S/C38H56N2O2/c1-25(2)9-8-10-26(3)32-15-16-33-31-14-13-28-23-29(17-20-37(28,4)34(31)18-21-38(32,33)5)42-36(41)39-22-19-27-24-40-35-12-7-6-11-30(27)35/h6-7,11-13,24-26,29,31-34,40H,8-10,14-23H2,1-5H3,(H,39,41)/t26-,29+,31+,32?,33?,34?,37+,38-/m1/s1. The maximum Gasteiger partial charge on any atom is 0.407 e. The zero-order valence-electron chi connectivity index (χ0n) is 27.0. The number of hydrogen-bond acceptors (Lipinski definition) is 2. The second-order valence-electron chi connectivity index (χ2n) is 15.6. The Morgan fingerprint density at radius 2 is 1.88 bits per heavy atom. The lowest BCUT2D eigenvalue weighted by atomic mass is 9.47. The molecule has 1 amide bonds. The number of ether oxygens (including phenoxy) is 1. The average molecular weight is 573 g/mol. The van der Waals surface area contributed by atoms with E-state index in [4.69, 9.17) is 4.74 Å². The van der Waals surface area contributed by atoms with Crippen molar-refractivity contribution in [3.8, 4) is 0 Å². The van der Waals surface area contributed by atoms with Crippen LogP contribution in [-0.2, 0) is 11.2 Å². The predicted molar refractivity (Wildman–Crippen MR) is 173 cm³/mol. The summed E-state index contributed by atoms with van der Waals surface area (Å²) in [6.45, 7) is 13.2. The fraction of sp³-hybridized carbons (Fsp3) is 0.711. The van der Waals surface area contributed by atoms with E-state index >= 15 is 0 Å². The zero-order chi connectivity index (χ0) is 29.5. The van der Waals surface area contributed by atoms with Crippen LogP contribution in [0.1, 0.15) is 111 Å². The highest BCUT2D eigenvalue weighted by Crippen LogP contribution is 2.67. The number of aromatic amines is 1. The van der Waals surface area contributed by atoms with E-state index in [1.807, 2.05) is 6.07 Å². The Morgan fingerprint density at radius 1 is 1.05 bits per heavy atom. The number of rotatable bonds is 9. The van der Waals surface area contributed by atoms with Crippen molar-refractivity contribution < 1.29 is 9.53 Å². The third kappa shape index (κ3) is 5.57. The second kappa shape index (κ2) is 12.0. The van der Waals surface area contributed by atoms with Crippen LogP contribution in [0.5, 0.6) is 0 Å². The van der Waals surface area contributed by atoms with Crippen molar-refractivity contribution in [2.75, 3.05) is 6.54 Å². The summed E-state index contributed by atoms with van der Waals surface area (Å²) in [7, 11) is 0. The summed E-state index contributed by atoms with van der Waals surface area (Å²) in [5.74, 6) is 5.14. The van der Waals surface area contributed by atoms with Gasteiger partial charge in [0.15, 0.2) is 0 Å². The van der Waals surface area contributed by atoms with Gasteiger partial charge in [0.1, 0.15) is 6.10 Å². The zero-order valence-corrected chi connectivity index (χ0v) is 27.0. The quantitative estimate of drug-likeness (QED) is 0.294. The van der Waals surface area contributed by atoms with Gasteiger partial charge >= 0.3 is 6.09 Å². The molecule has 1 aromatic carbocycles. The number of hydrogen-bond donors (Lipinski definition) is 2. The largest absolute Gasteiger partial charge is 0.446 e. The van der Waals surface area contributed by atoms with Gasteiger partial charge in [-0.2, -0.15) is 0 Å². The molecular weight excluding hydrogens is 516 g/mol. The fourth-order valence-electron chi connectivity index (χ4n) is 10.6. The summed E-state index contributed by atoms with van der Waals surface area (Å²) in [5, 5.41) is 4.26. The summed E-state index contributed by atoms with van der Waals surface area (Å²) in [6.07, 6.45) is 19.4. The maximum absolute atomic E-state index is 12.8. The second-order valence-corrected chi connectivity index (χ2v) is 15.6. The Balaban J connectivity index is 1.03. The summed E-state index contributed by atoms with van der Waals surface area (Å²) in [5.41, 5.74) is 4.79. The molecule has 1 heterocycles. The molecule has 3 saturated carbocycles. The molecule has 8 atom stereocenters. The van der Waals surface area contributed by atoms with Crippen LogP contribution in [-0.4, -0.2) is 23.7 Å². The Labute approximate surface area is 254 Å². The first-order valence-corrected chi connectivity index (χ1v) is 17.4. The van der Waals surface area contributed by atoms with Gasteiger partial charge in [0.2, 0.25) is 0 Å². The lowest BCUT2D eigenvalue weighted by Crippen LogP contribution is -2.51. The topological polar surface area (TPSA) is 54.1 Å². The number of para-hydroxylation sites is 1. The minimum atomic E-state index is -0.259. The summed E-state index contributed by atoms with van der Waals surface area (Å²) >= 11 is 0. The molecule has 0 bridgehead atoms. The Hall–Kier alpha value is -2.23. The highest BCUT2D eigenvalue weighted by Gasteiger charge is 2.59. The summed E-state index contributed by atoms with van der Waals surface area (Å²) in [6, 6.07) is 8.33. The van der Waals surface area contributed by atoms with E-state index in [1.165, 1.54) is 62.3 Å². The Bertz CT molecular complexity index is 1280. The van der Waals surface area contributed by atoms with Crippen molar-refractivity contribution in [2.45, 2.75) is 118 Å². The number of alkyl carbamates (subject to hydrolysis) is 1. The van der Waals surface area contributed by atoms with Gasteiger partial charge in [-0.15, -0.1) is 0 Å². The molecule has 0 saturated heterocycles. The van der Waals surface area contributed by atoms with Gasteiger partial charge in [-0.3, -0.25) is 0 Å². The number of carbonyl (C=O) groups is 1. The summed E-state index contributed by atoms with van der Waals surface area (Å²) < 4.78 is 6.00. The van der Waals surface area contributed by atoms with E-state index in [-0.39, 0.29) is 17.6 Å². The number of nitrogens with one attached hydrogen (secondary N) is 2. The minimum Gasteiger partial charge on any atom is -0.446 e. The van der Waals surface area contributed by atoms with E-state index in [9.17, 15) is 4.79 Å². The number of carbonyl (C=O) groups excluding carboxylic acids is 1. The first-order valence-electron chi connectivity index (χ1n) is 17.4. The Morgan fingerprint density at radius 3 is 2.71 bits per heavy atom. The lowest BCUT2D eigenvalue weighted by molar-refractivity contribution is -0.0581. The molecule has 4 nitrogen and oxygen atoms in total. The Kier molecular flexibility index (Phi) is 8.55. The van der Waals surface area contributed by atoms with Crippen molar-refractivity contribution in [2.24, 2.45) is 46.3 Å². The molecule has 4 aliphatic rings. The van der Waals surface area contributed by atoms with Crippen molar-refractivity contribution >= 4 is 17.0 Å². The molecule has 2 N–H and O–H groups in total. The molecule has 6 rings (SSSR count). The maximum atomic E-state index is 12.8. The fourth-order valence-corrected chi connectivity index (χ4v) is 10.6. The first kappa shape index (κ1) is 29.8. The molecule has 230 valence electrons. The number of benzene rings is 1. The van der Waals surface area contributed by atoms with E-state index in [2.05, 4.69) is 75.4 Å². The van der Waals surface area contributed by atoms with Crippen molar-refractivity contribution in [3.63, 3.8) is 0 Å². The van der Waals surface area contributed by atoms with Crippen molar-refractivity contribution in [1.82, 2.24) is 10.3 Å². The molecule has 2 aromatic rings. The van der Waals surface area contributed by atoms with Crippen LogP contribution < -0.4 is 5.32 Å². The molecular formula is C38H56N2O2. The molecule has 3 fully saturated rings. The highest BCUT2D eigenvalue weighted by molar-refractivity contribution is 5.83. The van der Waals surface area contributed by atoms with Crippen LogP contribution >= 0.6 is 0 Å². The van der Waals surface area contributed by atoms with Crippen LogP contribution in [0.2, 0.25) is 0 Å². The smallest absolute Gasteiger partial charge is 0.407 e. The number of aromatic nitrogens is 1. The first-order chi connectivity index (χ1) is 20.2. The normalized spacial score (nSPS) is 34.8. The monoisotopic (exact) mass is 572 g/mol. The lowest BCUT2D eigenvalue weighted by Gasteiger charge is -2.58. The number of H-pyrrole nitrogens is 1. The highest BCUT2D eigenvalue weighted by atomic mass is 16.6. The van der Waals surface area contributed by atoms with E-state index in [1.54, 1.807) is 5.57 Å². The average Bonchev–Trinajstić information content (AvgIpc) is 3.54. The van der Waals surface area contributed by atoms with Crippen molar-refractivity contribution in [3.05, 3.63) is 47.7 Å². The SMILES string of the molecule is CC(C)CCC[C@@H](C)C1CCC2[C@@H]3CC=C4C[C@@H](OC(=O)NCCc5c[nH]c6ccccc56)CC[C@]4(C)C3CC[C@@]21C. The van der Waals surface area contributed by atoms with Gasteiger partial charge in [-0.05, 0) is 109 Å². The van der Waals surface area contributed by atoms with Gasteiger partial charge in [-0.25, -0.2) is 4.79 Å². The van der Waals surface area contributed by atoms with Gasteiger partial charge < -0.3 is 15.0 Å². The number of fused-ring (bicyclic) bond motifs is 6. The van der Waals surface area contributed by atoms with Gasteiger partial charge in [0.25, 0.3) is 0 Å². The van der Waals surface area contributed by atoms with E-state index < -0.39 is 0 Å². The molecule has 1 aromatic heterocycles. The van der Waals surface area contributed by atoms with Crippen molar-refractivity contribution in [1.29, 1.82) is 0 Å². The predicted octanol–water partition coefficient (Wildman–Crippen LogP) is 9.85. The van der Waals surface area contributed by atoms with Crippen LogP contribution in [0.4, 0.5) is 4.79 Å². The minimum absolute atomic E-state index is 0.00497. The molecule has 0 spiro atoms. The van der Waals surface area contributed by atoms with Gasteiger partial charge in [-0.1, -0.05) is 83.7 Å². The number of allylic oxidation sites excluding steroid dienone is 1. The van der Waals surface area contributed by atoms with Crippen LogP contribution in [0.15, 0.2) is 42.1 Å². The van der Waals surface area contributed by atoms with E-state index in [0.717, 1.165) is 66.7 Å². The molecule has 0 aliphatic heterocycles. The third-order valence-electron chi connectivity index (χ3n) is 12.9. The van der Waals surface area contributed by atoms with E-state index in [0.29, 0.717) is 12.0 Å². The van der Waals surface area contributed by atoms with Gasteiger partial charge in [0.05, 0.1) is 0 Å². The molecule has 0 radical (unpaired) electrons. The van der Waals surface area contributed by atoms with Gasteiger partial charge in [0, 0.05) is 30.1 Å². The molecule has 4 heteroatoms. The molecule has 3 unspecified atom stereocenters. The van der Waals surface area contributed by atoms with Crippen LogP contribution in [0.25, 0.3) is 10.9 Å². The molecule has 42 heavy (non-hydrogen) atoms. The third-order valence-corrected chi connectivity index (χ3v) is 12.9. The van der Waals surface area contributed by atoms with Crippen LogP contribution in [0.3, 0.4) is 0 Å². The van der Waals surface area contributed by atoms with Crippen LogP contribution in [0, 0.1) is 46.3 Å². The molecule has 4 aliphatic carbocycles. The summed E-state index contributed by atoms with van der Waals surface area (Å²) in [4.78, 5) is 16.1. The number of amides is 1.